The lowest BCUT2D eigenvalue weighted by Crippen LogP contribution is -2.51. The van der Waals surface area contributed by atoms with Crippen LogP contribution in [0.1, 0.15) is 34.1 Å². The lowest BCUT2D eigenvalue weighted by molar-refractivity contribution is -0.00785. The fraction of sp³-hybridized carbons (Fsp3) is 1.00. The molecule has 4 heteroatoms. The van der Waals surface area contributed by atoms with Gasteiger partial charge in [0.25, 0.3) is 0 Å². The van der Waals surface area contributed by atoms with Crippen LogP contribution >= 0.6 is 11.8 Å². The summed E-state index contributed by atoms with van der Waals surface area (Å²) in [5, 5.41) is 1.41. The number of ether oxygens (including phenoxy) is 1. The number of rotatable bonds is 5. The zero-order valence-electron chi connectivity index (χ0n) is 11.9. The minimum absolute atomic E-state index is 0.0822. The van der Waals surface area contributed by atoms with Crippen LogP contribution in [0, 0.1) is 0 Å². The molecule has 0 bridgehead atoms. The number of nitrogens with zero attached hydrogens (tertiary/aromatic N) is 1. The van der Waals surface area contributed by atoms with Crippen LogP contribution in [0.15, 0.2) is 0 Å². The van der Waals surface area contributed by atoms with E-state index in [0.717, 1.165) is 26.1 Å². The molecule has 17 heavy (non-hydrogen) atoms. The van der Waals surface area contributed by atoms with Crippen molar-refractivity contribution in [2.75, 3.05) is 26.7 Å². The lowest BCUT2D eigenvalue weighted by atomic mass is 9.97. The van der Waals surface area contributed by atoms with Crippen molar-refractivity contribution < 1.29 is 4.74 Å². The second kappa shape index (κ2) is 6.41. The Balaban J connectivity index is 2.60. The minimum atomic E-state index is -0.0822. The average molecular weight is 260 g/mol. The minimum Gasteiger partial charge on any atom is -0.379 e. The van der Waals surface area contributed by atoms with Gasteiger partial charge >= 0.3 is 0 Å². The van der Waals surface area contributed by atoms with Crippen LogP contribution in [-0.2, 0) is 4.74 Å². The Bertz CT molecular complexity index is 225. The molecule has 1 saturated heterocycles. The van der Waals surface area contributed by atoms with E-state index in [-0.39, 0.29) is 5.60 Å². The lowest BCUT2D eigenvalue weighted by Gasteiger charge is -2.41. The van der Waals surface area contributed by atoms with Crippen molar-refractivity contribution in [1.29, 1.82) is 0 Å². The predicted octanol–water partition coefficient (Wildman–Crippen LogP) is 1.95. The van der Waals surface area contributed by atoms with E-state index in [0.29, 0.717) is 16.5 Å². The largest absolute Gasteiger partial charge is 0.379 e. The maximum atomic E-state index is 5.95. The molecule has 3 atom stereocenters. The summed E-state index contributed by atoms with van der Waals surface area (Å²) in [7, 11) is 1.78. The van der Waals surface area contributed by atoms with Gasteiger partial charge in [0, 0.05) is 43.3 Å². The number of nitrogens with two attached hydrogens (primary N) is 1. The van der Waals surface area contributed by atoms with Crippen LogP contribution in [0.25, 0.3) is 0 Å². The van der Waals surface area contributed by atoms with E-state index in [9.17, 15) is 0 Å². The molecule has 0 aromatic carbocycles. The molecule has 1 aliphatic rings. The Morgan fingerprint density at radius 3 is 2.29 bits per heavy atom. The van der Waals surface area contributed by atoms with Gasteiger partial charge in [0.1, 0.15) is 0 Å². The zero-order valence-corrected chi connectivity index (χ0v) is 12.7. The Morgan fingerprint density at radius 1 is 1.35 bits per heavy atom. The first-order valence-electron chi connectivity index (χ1n) is 6.52. The van der Waals surface area contributed by atoms with Crippen LogP contribution in [0.2, 0.25) is 0 Å². The predicted molar refractivity (Wildman–Crippen MR) is 76.6 cm³/mol. The van der Waals surface area contributed by atoms with E-state index in [1.165, 1.54) is 0 Å². The van der Waals surface area contributed by atoms with Crippen LogP contribution in [0.4, 0.5) is 0 Å². The fourth-order valence-electron chi connectivity index (χ4n) is 2.53. The number of hydrogen-bond donors (Lipinski definition) is 1. The van der Waals surface area contributed by atoms with Gasteiger partial charge in [0.05, 0.1) is 5.60 Å². The van der Waals surface area contributed by atoms with Crippen molar-refractivity contribution >= 4 is 11.8 Å². The molecular formula is C13H28N2OS. The molecule has 0 spiro atoms. The molecule has 0 aliphatic carbocycles. The Kier molecular flexibility index (Phi) is 5.77. The number of methoxy groups -OCH3 is 1. The molecular weight excluding hydrogens is 232 g/mol. The Labute approximate surface area is 110 Å². The molecule has 0 aromatic heterocycles. The smallest absolute Gasteiger partial charge is 0.0638 e. The summed E-state index contributed by atoms with van der Waals surface area (Å²) in [5.74, 6) is 0. The van der Waals surface area contributed by atoms with Gasteiger partial charge in [-0.3, -0.25) is 4.90 Å². The van der Waals surface area contributed by atoms with Gasteiger partial charge in [-0.1, -0.05) is 13.8 Å². The average Bonchev–Trinajstić information content (AvgIpc) is 2.24. The summed E-state index contributed by atoms with van der Waals surface area (Å²) >= 11 is 2.08. The molecule has 0 amide bonds. The SMILES string of the molecule is COC(C)(C)CC(CN)N1CC(C)SC(C)C1. The fourth-order valence-corrected chi connectivity index (χ4v) is 3.88. The van der Waals surface area contributed by atoms with Gasteiger partial charge in [0.15, 0.2) is 0 Å². The number of thioether (sulfide) groups is 1. The van der Waals surface area contributed by atoms with Crippen molar-refractivity contribution in [2.24, 2.45) is 5.73 Å². The van der Waals surface area contributed by atoms with E-state index in [2.05, 4.69) is 44.4 Å². The van der Waals surface area contributed by atoms with Gasteiger partial charge < -0.3 is 10.5 Å². The van der Waals surface area contributed by atoms with E-state index in [1.807, 2.05) is 0 Å². The molecule has 0 saturated carbocycles. The number of hydrogen-bond acceptors (Lipinski definition) is 4. The summed E-state index contributed by atoms with van der Waals surface area (Å²) in [5.41, 5.74) is 5.87. The molecule has 102 valence electrons. The highest BCUT2D eigenvalue weighted by atomic mass is 32.2. The summed E-state index contributed by atoms with van der Waals surface area (Å²) in [4.78, 5) is 2.55. The van der Waals surface area contributed by atoms with E-state index < -0.39 is 0 Å². The molecule has 3 nitrogen and oxygen atoms in total. The topological polar surface area (TPSA) is 38.5 Å². The van der Waals surface area contributed by atoms with Gasteiger partial charge in [0.2, 0.25) is 0 Å². The molecule has 1 heterocycles. The summed E-state index contributed by atoms with van der Waals surface area (Å²) in [6, 6.07) is 0.441. The second-order valence-corrected chi connectivity index (χ2v) is 7.65. The zero-order chi connectivity index (χ0) is 13.1. The van der Waals surface area contributed by atoms with E-state index in [4.69, 9.17) is 10.5 Å². The molecule has 2 N–H and O–H groups in total. The Hall–Kier alpha value is 0.230. The van der Waals surface area contributed by atoms with Crippen molar-refractivity contribution in [2.45, 2.75) is 56.3 Å². The van der Waals surface area contributed by atoms with Gasteiger partial charge in [-0.25, -0.2) is 0 Å². The highest BCUT2D eigenvalue weighted by Crippen LogP contribution is 2.28. The van der Waals surface area contributed by atoms with Crippen LogP contribution in [-0.4, -0.2) is 53.8 Å². The van der Waals surface area contributed by atoms with Crippen LogP contribution in [0.3, 0.4) is 0 Å². The van der Waals surface area contributed by atoms with Gasteiger partial charge in [-0.05, 0) is 20.3 Å². The van der Waals surface area contributed by atoms with E-state index >= 15 is 0 Å². The van der Waals surface area contributed by atoms with Gasteiger partial charge in [-0.2, -0.15) is 11.8 Å². The van der Waals surface area contributed by atoms with E-state index in [1.54, 1.807) is 7.11 Å². The highest BCUT2D eigenvalue weighted by Gasteiger charge is 2.31. The summed E-state index contributed by atoms with van der Waals surface area (Å²) in [6.45, 7) is 11.9. The third kappa shape index (κ3) is 4.78. The molecule has 0 radical (unpaired) electrons. The van der Waals surface area contributed by atoms with Crippen molar-refractivity contribution in [1.82, 2.24) is 4.90 Å². The molecule has 0 aromatic rings. The highest BCUT2D eigenvalue weighted by molar-refractivity contribution is 8.00. The Morgan fingerprint density at radius 2 is 1.88 bits per heavy atom. The quantitative estimate of drug-likeness (QED) is 0.820. The summed E-state index contributed by atoms with van der Waals surface area (Å²) < 4.78 is 5.53. The molecule has 3 unspecified atom stereocenters. The van der Waals surface area contributed by atoms with Crippen molar-refractivity contribution in [3.63, 3.8) is 0 Å². The maximum Gasteiger partial charge on any atom is 0.0638 e. The summed E-state index contributed by atoms with van der Waals surface area (Å²) in [6.07, 6.45) is 1.00. The van der Waals surface area contributed by atoms with Crippen molar-refractivity contribution in [3.05, 3.63) is 0 Å². The first-order valence-corrected chi connectivity index (χ1v) is 7.47. The van der Waals surface area contributed by atoms with Gasteiger partial charge in [-0.15, -0.1) is 0 Å². The molecule has 1 rings (SSSR count). The van der Waals surface area contributed by atoms with Crippen molar-refractivity contribution in [3.8, 4) is 0 Å². The molecule has 1 fully saturated rings. The molecule has 1 aliphatic heterocycles. The normalized spacial score (nSPS) is 29.3. The maximum absolute atomic E-state index is 5.95. The first kappa shape index (κ1) is 15.3. The third-order valence-corrected chi connectivity index (χ3v) is 4.74. The van der Waals surface area contributed by atoms with Crippen LogP contribution in [0.5, 0.6) is 0 Å². The second-order valence-electron chi connectivity index (χ2n) is 5.77. The standard InChI is InChI=1S/C13H28N2OS/c1-10-8-15(9-11(2)17-10)12(7-14)6-13(3,4)16-5/h10-12H,6-9,14H2,1-5H3. The first-order chi connectivity index (χ1) is 7.88. The third-order valence-electron chi connectivity index (χ3n) is 3.52. The van der Waals surface area contributed by atoms with Crippen LogP contribution < -0.4 is 5.73 Å². The monoisotopic (exact) mass is 260 g/mol.